The summed E-state index contributed by atoms with van der Waals surface area (Å²) in [5, 5.41) is 6.93. The zero-order valence-electron chi connectivity index (χ0n) is 18.2. The molecule has 2 atom stereocenters. The van der Waals surface area contributed by atoms with E-state index in [0.29, 0.717) is 16.5 Å². The number of nitrogens with one attached hydrogen (secondary N) is 3. The smallest absolute Gasteiger partial charge is 0.221 e. The highest BCUT2D eigenvalue weighted by atomic mass is 127. The van der Waals surface area contributed by atoms with E-state index in [4.69, 9.17) is 17.0 Å². The number of thiocarbonyl (C=S) groups is 1. The average molecular weight is 561 g/mol. The molecule has 32 heavy (non-hydrogen) atoms. The molecule has 0 radical (unpaired) electrons. The lowest BCUT2D eigenvalue weighted by Gasteiger charge is -2.29. The van der Waals surface area contributed by atoms with Crippen molar-refractivity contribution in [2.24, 2.45) is 0 Å². The number of hydrogen-bond acceptors (Lipinski definition) is 4. The molecule has 3 aromatic rings. The van der Waals surface area contributed by atoms with Crippen LogP contribution in [0.4, 0.5) is 11.4 Å². The van der Waals surface area contributed by atoms with Gasteiger partial charge in [-0.2, -0.15) is 0 Å². The fraction of sp³-hybridized carbons (Fsp3) is 0.261. The van der Waals surface area contributed by atoms with Crippen molar-refractivity contribution in [3.05, 3.63) is 68.8 Å². The number of halogens is 1. The van der Waals surface area contributed by atoms with Crippen LogP contribution < -0.4 is 20.3 Å². The van der Waals surface area contributed by atoms with Crippen molar-refractivity contribution < 1.29 is 9.53 Å². The van der Waals surface area contributed by atoms with Crippen LogP contribution >= 0.6 is 34.8 Å². The molecule has 0 saturated carbocycles. The van der Waals surface area contributed by atoms with E-state index in [9.17, 15) is 4.79 Å². The van der Waals surface area contributed by atoms with Gasteiger partial charge in [-0.3, -0.25) is 9.78 Å². The highest BCUT2D eigenvalue weighted by molar-refractivity contribution is 14.1. The number of nitrogens with zero attached hydrogens (tertiary/aromatic N) is 2. The Labute approximate surface area is 206 Å². The number of H-pyrrole nitrogens is 1. The Hall–Kier alpha value is -2.66. The van der Waals surface area contributed by atoms with Gasteiger partial charge in [-0.05, 0) is 79.0 Å². The lowest BCUT2D eigenvalue weighted by atomic mass is 9.96. The molecule has 3 heterocycles. The van der Waals surface area contributed by atoms with E-state index < -0.39 is 0 Å². The molecule has 0 aliphatic carbocycles. The van der Waals surface area contributed by atoms with Crippen LogP contribution in [0.1, 0.15) is 41.7 Å². The van der Waals surface area contributed by atoms with Crippen LogP contribution in [-0.4, -0.2) is 28.1 Å². The number of pyridine rings is 1. The molecule has 1 fully saturated rings. The normalized spacial score (nSPS) is 17.9. The van der Waals surface area contributed by atoms with Crippen LogP contribution in [0.25, 0.3) is 0 Å². The Morgan fingerprint density at radius 1 is 1.25 bits per heavy atom. The van der Waals surface area contributed by atoms with E-state index in [1.165, 1.54) is 12.5 Å². The minimum atomic E-state index is -0.169. The zero-order chi connectivity index (χ0) is 23.0. The van der Waals surface area contributed by atoms with Gasteiger partial charge in [-0.15, -0.1) is 0 Å². The lowest BCUT2D eigenvalue weighted by Crippen LogP contribution is -2.30. The molecule has 1 amide bonds. The molecule has 7 nitrogen and oxygen atoms in total. The third-order valence-corrected chi connectivity index (χ3v) is 7.22. The van der Waals surface area contributed by atoms with E-state index in [1.54, 1.807) is 13.3 Å². The fourth-order valence-corrected chi connectivity index (χ4v) is 5.39. The van der Waals surface area contributed by atoms with Crippen molar-refractivity contribution in [1.82, 2.24) is 15.3 Å². The molecule has 9 heteroatoms. The third kappa shape index (κ3) is 4.06. The monoisotopic (exact) mass is 561 g/mol. The zero-order valence-corrected chi connectivity index (χ0v) is 21.2. The van der Waals surface area contributed by atoms with Crippen LogP contribution in [0.15, 0.2) is 42.6 Å². The Kier molecular flexibility index (Phi) is 6.38. The van der Waals surface area contributed by atoms with Gasteiger partial charge in [-0.25, -0.2) is 0 Å². The fourth-order valence-electron chi connectivity index (χ4n) is 4.18. The molecule has 3 N–H and O–H groups in total. The predicted molar refractivity (Wildman–Crippen MR) is 138 cm³/mol. The number of ether oxygens (including phenoxy) is 1. The number of carbonyl (C=O) groups excluding carboxylic acids is 1. The van der Waals surface area contributed by atoms with E-state index in [2.05, 4.69) is 61.9 Å². The number of hydrogen-bond donors (Lipinski definition) is 3. The Balaban J connectivity index is 1.88. The van der Waals surface area contributed by atoms with Crippen molar-refractivity contribution in [3.8, 4) is 5.75 Å². The second-order valence-electron chi connectivity index (χ2n) is 7.67. The second kappa shape index (κ2) is 9.07. The van der Waals surface area contributed by atoms with E-state index in [-0.39, 0.29) is 18.0 Å². The summed E-state index contributed by atoms with van der Waals surface area (Å²) < 4.78 is 6.60. The van der Waals surface area contributed by atoms with Crippen LogP contribution in [-0.2, 0) is 4.79 Å². The first kappa shape index (κ1) is 22.5. The molecular formula is C23H24IN5O2S. The summed E-state index contributed by atoms with van der Waals surface area (Å²) in [4.78, 5) is 21.9. The largest absolute Gasteiger partial charge is 0.495 e. The summed E-state index contributed by atoms with van der Waals surface area (Å²) in [5.74, 6) is 0.417. The lowest BCUT2D eigenvalue weighted by molar-refractivity contribution is -0.114. The molecule has 0 unspecified atom stereocenters. The Bertz CT molecular complexity index is 1180. The van der Waals surface area contributed by atoms with Gasteiger partial charge in [-0.1, -0.05) is 6.07 Å². The summed E-state index contributed by atoms with van der Waals surface area (Å²) in [5.41, 5.74) is 5.73. The third-order valence-electron chi connectivity index (χ3n) is 5.51. The van der Waals surface area contributed by atoms with Crippen molar-refractivity contribution in [2.45, 2.75) is 32.9 Å². The number of aromatic amines is 1. The molecule has 0 spiro atoms. The van der Waals surface area contributed by atoms with Crippen molar-refractivity contribution >= 4 is 57.2 Å². The topological polar surface area (TPSA) is 82.3 Å². The number of benzene rings is 1. The first-order valence-corrected chi connectivity index (χ1v) is 11.6. The highest BCUT2D eigenvalue weighted by Gasteiger charge is 2.43. The maximum atomic E-state index is 11.8. The number of rotatable bonds is 5. The van der Waals surface area contributed by atoms with Gasteiger partial charge in [0.25, 0.3) is 0 Å². The van der Waals surface area contributed by atoms with Gasteiger partial charge in [0.1, 0.15) is 5.75 Å². The minimum Gasteiger partial charge on any atom is -0.495 e. The molecule has 166 valence electrons. The van der Waals surface area contributed by atoms with Gasteiger partial charge >= 0.3 is 0 Å². The van der Waals surface area contributed by atoms with E-state index in [1.807, 2.05) is 36.4 Å². The summed E-state index contributed by atoms with van der Waals surface area (Å²) in [6, 6.07) is 11.3. The van der Waals surface area contributed by atoms with Gasteiger partial charge in [0, 0.05) is 39.3 Å². The number of aryl methyl sites for hydroxylation is 2. The SMILES string of the molecule is COc1ccc(N2C(=S)N[C@@H](c3ccccn3)[C@@H]2c2c(C)[nH]c(C)c2I)cc1NC(C)=O. The molecule has 1 aliphatic rings. The summed E-state index contributed by atoms with van der Waals surface area (Å²) in [6.07, 6.45) is 1.79. The van der Waals surface area contributed by atoms with Gasteiger partial charge in [0.2, 0.25) is 5.91 Å². The number of carbonyl (C=O) groups is 1. The van der Waals surface area contributed by atoms with Crippen LogP contribution in [0.3, 0.4) is 0 Å². The number of anilines is 2. The predicted octanol–water partition coefficient (Wildman–Crippen LogP) is 4.78. The summed E-state index contributed by atoms with van der Waals surface area (Å²) >= 11 is 8.21. The summed E-state index contributed by atoms with van der Waals surface area (Å²) in [7, 11) is 1.58. The van der Waals surface area contributed by atoms with Crippen LogP contribution in [0.2, 0.25) is 0 Å². The van der Waals surface area contributed by atoms with Crippen molar-refractivity contribution in [3.63, 3.8) is 0 Å². The van der Waals surface area contributed by atoms with Crippen LogP contribution in [0, 0.1) is 17.4 Å². The van der Waals surface area contributed by atoms with Gasteiger partial charge in [0.15, 0.2) is 5.11 Å². The Morgan fingerprint density at radius 3 is 2.62 bits per heavy atom. The maximum absolute atomic E-state index is 11.8. The molecule has 0 bridgehead atoms. The Morgan fingerprint density at radius 2 is 2.03 bits per heavy atom. The average Bonchev–Trinajstić information content (AvgIpc) is 3.22. The van der Waals surface area contributed by atoms with Crippen molar-refractivity contribution in [2.75, 3.05) is 17.3 Å². The first-order chi connectivity index (χ1) is 15.3. The number of methoxy groups -OCH3 is 1. The highest BCUT2D eigenvalue weighted by Crippen LogP contribution is 2.45. The number of aromatic nitrogens is 2. The maximum Gasteiger partial charge on any atom is 0.221 e. The first-order valence-electron chi connectivity index (χ1n) is 10.1. The van der Waals surface area contributed by atoms with Gasteiger partial charge in [0.05, 0.1) is 30.6 Å². The quantitative estimate of drug-likeness (QED) is 0.308. The van der Waals surface area contributed by atoms with Crippen LogP contribution in [0.5, 0.6) is 5.75 Å². The molecule has 2 aromatic heterocycles. The van der Waals surface area contributed by atoms with E-state index >= 15 is 0 Å². The molecule has 4 rings (SSSR count). The minimum absolute atomic E-state index is 0.132. The number of amides is 1. The molecular weight excluding hydrogens is 537 g/mol. The molecule has 1 aromatic carbocycles. The molecule has 1 aliphatic heterocycles. The molecule has 1 saturated heterocycles. The second-order valence-corrected chi connectivity index (χ2v) is 9.13. The summed E-state index contributed by atoms with van der Waals surface area (Å²) in [6.45, 7) is 5.63. The van der Waals surface area contributed by atoms with Crippen molar-refractivity contribution in [1.29, 1.82) is 0 Å². The van der Waals surface area contributed by atoms with Gasteiger partial charge < -0.3 is 25.3 Å². The van der Waals surface area contributed by atoms with E-state index in [0.717, 1.165) is 26.3 Å². The standard InChI is InChI=1S/C23H24IN5O2S/c1-12-19(20(24)13(2)26-12)22-21(16-7-5-6-10-25-16)28-23(32)29(22)15-8-9-18(31-4)17(11-15)27-14(3)30/h5-11,21-22,26H,1-4H3,(H,27,30)(H,28,32)/t21-,22-/m0/s1.